The summed E-state index contributed by atoms with van der Waals surface area (Å²) in [5.74, 6) is 0.626. The maximum atomic E-state index is 13.2. The van der Waals surface area contributed by atoms with Crippen LogP contribution in [0.3, 0.4) is 0 Å². The fraction of sp³-hybridized carbons (Fsp3) is 0.417. The summed E-state index contributed by atoms with van der Waals surface area (Å²) in [5, 5.41) is 2.92. The monoisotopic (exact) mass is 412 g/mol. The van der Waals surface area contributed by atoms with Gasteiger partial charge in [0.1, 0.15) is 6.04 Å². The number of nitrogens with one attached hydrogen (secondary N) is 1. The summed E-state index contributed by atoms with van der Waals surface area (Å²) in [6.07, 6.45) is 0.505. The summed E-state index contributed by atoms with van der Waals surface area (Å²) in [4.78, 5) is 27.5. The molecular weight excluding hydrogens is 380 g/mol. The fourth-order valence-corrected chi connectivity index (χ4v) is 3.15. The van der Waals surface area contributed by atoms with E-state index in [0.717, 1.165) is 11.1 Å². The van der Waals surface area contributed by atoms with Gasteiger partial charge in [0.25, 0.3) is 5.91 Å². The zero-order chi connectivity index (χ0) is 22.1. The molecule has 0 saturated heterocycles. The van der Waals surface area contributed by atoms with Crippen LogP contribution in [0.25, 0.3) is 0 Å². The van der Waals surface area contributed by atoms with Gasteiger partial charge in [-0.25, -0.2) is 0 Å². The second-order valence-corrected chi connectivity index (χ2v) is 7.53. The lowest BCUT2D eigenvalue weighted by Crippen LogP contribution is -2.51. The van der Waals surface area contributed by atoms with Gasteiger partial charge < -0.3 is 19.7 Å². The highest BCUT2D eigenvalue weighted by Crippen LogP contribution is 2.26. The van der Waals surface area contributed by atoms with E-state index in [1.165, 1.54) is 0 Å². The number of amides is 2. The van der Waals surface area contributed by atoms with Crippen molar-refractivity contribution in [2.45, 2.75) is 52.7 Å². The Kier molecular flexibility index (Phi) is 8.71. The Morgan fingerprint density at radius 3 is 2.23 bits per heavy atom. The average Bonchev–Trinajstić information content (AvgIpc) is 2.73. The maximum absolute atomic E-state index is 13.2. The number of benzene rings is 2. The number of aryl methyl sites for hydroxylation is 1. The molecule has 1 atom stereocenters. The third-order valence-electron chi connectivity index (χ3n) is 4.71. The molecule has 162 valence electrons. The van der Waals surface area contributed by atoms with Gasteiger partial charge in [-0.15, -0.1) is 0 Å². The van der Waals surface area contributed by atoms with Crippen molar-refractivity contribution in [3.63, 3.8) is 0 Å². The first-order chi connectivity index (χ1) is 14.3. The molecule has 0 aliphatic rings. The average molecular weight is 413 g/mol. The standard InChI is InChI=1S/C24H32N2O4/c1-6-20(24(28)25-17(2)3)26(15-19-13-11-18(4)12-14-19)23(27)16-30-22-10-8-7-9-21(22)29-5/h7-14,17,20H,6,15-16H2,1-5H3,(H,25,28). The summed E-state index contributed by atoms with van der Waals surface area (Å²) >= 11 is 0. The minimum Gasteiger partial charge on any atom is -0.493 e. The van der Waals surface area contributed by atoms with Crippen LogP contribution in [-0.4, -0.2) is 42.5 Å². The lowest BCUT2D eigenvalue weighted by Gasteiger charge is -2.31. The molecular formula is C24H32N2O4. The zero-order valence-corrected chi connectivity index (χ0v) is 18.5. The minimum atomic E-state index is -0.581. The van der Waals surface area contributed by atoms with Crippen molar-refractivity contribution in [2.24, 2.45) is 0 Å². The molecule has 0 aliphatic heterocycles. The van der Waals surface area contributed by atoms with Gasteiger partial charge in [-0.3, -0.25) is 9.59 Å². The van der Waals surface area contributed by atoms with Crippen LogP contribution in [0.2, 0.25) is 0 Å². The van der Waals surface area contributed by atoms with Crippen LogP contribution in [0, 0.1) is 6.92 Å². The highest BCUT2D eigenvalue weighted by atomic mass is 16.5. The predicted molar refractivity (Wildman–Crippen MR) is 118 cm³/mol. The molecule has 0 fully saturated rings. The van der Waals surface area contributed by atoms with E-state index in [4.69, 9.17) is 9.47 Å². The molecule has 2 rings (SSSR count). The summed E-state index contributed by atoms with van der Waals surface area (Å²) in [6.45, 7) is 7.87. The van der Waals surface area contributed by atoms with E-state index in [1.807, 2.05) is 64.1 Å². The van der Waals surface area contributed by atoms with E-state index in [9.17, 15) is 9.59 Å². The molecule has 0 radical (unpaired) electrons. The number of hydrogen-bond donors (Lipinski definition) is 1. The normalized spacial score (nSPS) is 11.7. The summed E-state index contributed by atoms with van der Waals surface area (Å²) in [5.41, 5.74) is 2.10. The predicted octanol–water partition coefficient (Wildman–Crippen LogP) is 3.71. The molecule has 0 aliphatic carbocycles. The van der Waals surface area contributed by atoms with E-state index in [2.05, 4.69) is 5.32 Å². The van der Waals surface area contributed by atoms with E-state index in [1.54, 1.807) is 24.1 Å². The molecule has 0 spiro atoms. The molecule has 6 nitrogen and oxygen atoms in total. The summed E-state index contributed by atoms with van der Waals surface area (Å²) in [6, 6.07) is 14.5. The van der Waals surface area contributed by atoms with Crippen molar-refractivity contribution < 1.29 is 19.1 Å². The van der Waals surface area contributed by atoms with Gasteiger partial charge in [0.05, 0.1) is 7.11 Å². The molecule has 2 amide bonds. The van der Waals surface area contributed by atoms with E-state index < -0.39 is 6.04 Å². The van der Waals surface area contributed by atoms with Crippen molar-refractivity contribution in [1.29, 1.82) is 0 Å². The number of carbonyl (C=O) groups excluding carboxylic acids is 2. The Hall–Kier alpha value is -3.02. The van der Waals surface area contributed by atoms with E-state index in [-0.39, 0.29) is 24.5 Å². The quantitative estimate of drug-likeness (QED) is 0.646. The maximum Gasteiger partial charge on any atom is 0.261 e. The number of rotatable bonds is 10. The number of methoxy groups -OCH3 is 1. The first kappa shape index (κ1) is 23.3. The number of hydrogen-bond acceptors (Lipinski definition) is 4. The van der Waals surface area contributed by atoms with Gasteiger partial charge >= 0.3 is 0 Å². The summed E-state index contributed by atoms with van der Waals surface area (Å²) in [7, 11) is 1.55. The molecule has 30 heavy (non-hydrogen) atoms. The molecule has 1 unspecified atom stereocenters. The van der Waals surface area contributed by atoms with Crippen molar-refractivity contribution >= 4 is 11.8 Å². The lowest BCUT2D eigenvalue weighted by molar-refractivity contribution is -0.143. The molecule has 0 saturated carbocycles. The third-order valence-corrected chi connectivity index (χ3v) is 4.71. The van der Waals surface area contributed by atoms with Gasteiger partial charge in [-0.05, 0) is 44.9 Å². The Balaban J connectivity index is 2.22. The van der Waals surface area contributed by atoms with Crippen LogP contribution in [0.1, 0.15) is 38.3 Å². The Bertz CT molecular complexity index is 833. The first-order valence-corrected chi connectivity index (χ1v) is 10.3. The first-order valence-electron chi connectivity index (χ1n) is 10.3. The van der Waals surface area contributed by atoms with Crippen molar-refractivity contribution in [3.05, 3.63) is 59.7 Å². The molecule has 2 aromatic carbocycles. The smallest absolute Gasteiger partial charge is 0.261 e. The number of ether oxygens (including phenoxy) is 2. The van der Waals surface area contributed by atoms with Crippen molar-refractivity contribution in [2.75, 3.05) is 13.7 Å². The number of nitrogens with zero attached hydrogens (tertiary/aromatic N) is 1. The Morgan fingerprint density at radius 1 is 1.03 bits per heavy atom. The van der Waals surface area contributed by atoms with Gasteiger partial charge in [0, 0.05) is 12.6 Å². The van der Waals surface area contributed by atoms with Gasteiger partial charge in [-0.2, -0.15) is 0 Å². The third kappa shape index (κ3) is 6.51. The largest absolute Gasteiger partial charge is 0.493 e. The Morgan fingerprint density at radius 2 is 1.67 bits per heavy atom. The highest BCUT2D eigenvalue weighted by molar-refractivity contribution is 5.88. The fourth-order valence-electron chi connectivity index (χ4n) is 3.15. The zero-order valence-electron chi connectivity index (χ0n) is 18.5. The SMILES string of the molecule is CCC(C(=O)NC(C)C)N(Cc1ccc(C)cc1)C(=O)COc1ccccc1OC. The van der Waals surface area contributed by atoms with E-state index >= 15 is 0 Å². The van der Waals surface area contributed by atoms with Crippen LogP contribution in [-0.2, 0) is 16.1 Å². The van der Waals surface area contributed by atoms with Gasteiger partial charge in [0.15, 0.2) is 18.1 Å². The van der Waals surface area contributed by atoms with Crippen LogP contribution in [0.15, 0.2) is 48.5 Å². The molecule has 2 aromatic rings. The van der Waals surface area contributed by atoms with Crippen LogP contribution >= 0.6 is 0 Å². The molecule has 0 bridgehead atoms. The van der Waals surface area contributed by atoms with Gasteiger partial charge in [0.2, 0.25) is 5.91 Å². The topological polar surface area (TPSA) is 67.9 Å². The molecule has 1 N–H and O–H groups in total. The molecule has 6 heteroatoms. The number of carbonyl (C=O) groups is 2. The Labute approximate surface area is 179 Å². The van der Waals surface area contributed by atoms with E-state index in [0.29, 0.717) is 24.5 Å². The minimum absolute atomic E-state index is 0.00675. The second-order valence-electron chi connectivity index (χ2n) is 7.53. The number of para-hydroxylation sites is 2. The lowest BCUT2D eigenvalue weighted by atomic mass is 10.1. The summed E-state index contributed by atoms with van der Waals surface area (Å²) < 4.78 is 11.0. The van der Waals surface area contributed by atoms with Crippen molar-refractivity contribution in [3.8, 4) is 11.5 Å². The van der Waals surface area contributed by atoms with Gasteiger partial charge in [-0.1, -0.05) is 48.9 Å². The molecule has 0 heterocycles. The second kappa shape index (κ2) is 11.2. The van der Waals surface area contributed by atoms with Crippen LogP contribution in [0.5, 0.6) is 11.5 Å². The van der Waals surface area contributed by atoms with Crippen molar-refractivity contribution in [1.82, 2.24) is 10.2 Å². The van der Waals surface area contributed by atoms with Crippen LogP contribution in [0.4, 0.5) is 0 Å². The molecule has 0 aromatic heterocycles. The highest BCUT2D eigenvalue weighted by Gasteiger charge is 2.29. The van der Waals surface area contributed by atoms with Crippen LogP contribution < -0.4 is 14.8 Å².